The number of hydrogen-bond acceptors (Lipinski definition) is 4. The fraction of sp³-hybridized carbons (Fsp3) is 0.833. The Balaban J connectivity index is 2.37. The van der Waals surface area contributed by atoms with E-state index in [-0.39, 0.29) is 0 Å². The lowest BCUT2D eigenvalue weighted by molar-refractivity contribution is 0.478. The van der Waals surface area contributed by atoms with Crippen LogP contribution in [0.3, 0.4) is 0 Å². The van der Waals surface area contributed by atoms with E-state index < -0.39 is 0 Å². The predicted molar refractivity (Wildman–Crippen MR) is 77.9 cm³/mol. The lowest BCUT2D eigenvalue weighted by Gasteiger charge is -2.35. The molecule has 0 aromatic rings. The van der Waals surface area contributed by atoms with Gasteiger partial charge in [-0.2, -0.15) is 23.5 Å². The van der Waals surface area contributed by atoms with Crippen LogP contribution in [0.2, 0.25) is 0 Å². The van der Waals surface area contributed by atoms with Crippen LogP contribution in [0.15, 0.2) is 12.7 Å². The summed E-state index contributed by atoms with van der Waals surface area (Å²) < 4.78 is 0. The van der Waals surface area contributed by atoms with Gasteiger partial charge < -0.3 is 0 Å². The maximum Gasteiger partial charge on any atom is 0.0337 e. The van der Waals surface area contributed by atoms with E-state index in [2.05, 4.69) is 49.4 Å². The van der Waals surface area contributed by atoms with E-state index in [9.17, 15) is 0 Å². The van der Waals surface area contributed by atoms with Crippen molar-refractivity contribution in [2.24, 2.45) is 5.84 Å². The standard InChI is InChI=1S/C12H24N2S2/c1-4-5-6-7-11(14-13)12-8-15-9(2)10(3)16-12/h4,9-12,14H,1,5-8,13H2,2-3H3. The zero-order valence-corrected chi connectivity index (χ0v) is 11.9. The Hall–Kier alpha value is 0.360. The summed E-state index contributed by atoms with van der Waals surface area (Å²) in [5, 5.41) is 2.16. The molecule has 1 rings (SSSR count). The van der Waals surface area contributed by atoms with Crippen molar-refractivity contribution in [3.63, 3.8) is 0 Å². The van der Waals surface area contributed by atoms with E-state index in [1.54, 1.807) is 0 Å². The van der Waals surface area contributed by atoms with Crippen molar-refractivity contribution in [1.82, 2.24) is 5.43 Å². The smallest absolute Gasteiger partial charge is 0.0337 e. The lowest BCUT2D eigenvalue weighted by Crippen LogP contribution is -2.46. The molecule has 0 aromatic heterocycles. The van der Waals surface area contributed by atoms with Crippen molar-refractivity contribution >= 4 is 23.5 Å². The monoisotopic (exact) mass is 260 g/mol. The summed E-state index contributed by atoms with van der Waals surface area (Å²) in [6, 6.07) is 0.451. The topological polar surface area (TPSA) is 38.0 Å². The summed E-state index contributed by atoms with van der Waals surface area (Å²) in [7, 11) is 0. The summed E-state index contributed by atoms with van der Waals surface area (Å²) in [6.07, 6.45) is 5.42. The fourth-order valence-electron chi connectivity index (χ4n) is 1.88. The normalized spacial score (nSPS) is 32.3. The van der Waals surface area contributed by atoms with E-state index >= 15 is 0 Å². The van der Waals surface area contributed by atoms with Crippen LogP contribution in [0.5, 0.6) is 0 Å². The molecule has 1 aliphatic rings. The minimum absolute atomic E-state index is 0.451. The molecule has 0 spiro atoms. The van der Waals surface area contributed by atoms with E-state index in [0.29, 0.717) is 11.3 Å². The quantitative estimate of drug-likeness (QED) is 0.333. The average Bonchev–Trinajstić information content (AvgIpc) is 2.29. The minimum atomic E-state index is 0.451. The SMILES string of the molecule is C=CCCCC(NN)C1CSC(C)C(C)S1. The van der Waals surface area contributed by atoms with Gasteiger partial charge in [-0.3, -0.25) is 11.3 Å². The summed E-state index contributed by atoms with van der Waals surface area (Å²) in [4.78, 5) is 0. The Labute approximate surface area is 108 Å². The summed E-state index contributed by atoms with van der Waals surface area (Å²) in [6.45, 7) is 8.40. The maximum absolute atomic E-state index is 5.67. The summed E-state index contributed by atoms with van der Waals surface area (Å²) >= 11 is 4.18. The predicted octanol–water partition coefficient (Wildman–Crippen LogP) is 2.80. The number of nitrogens with one attached hydrogen (secondary N) is 1. The molecule has 4 unspecified atom stereocenters. The van der Waals surface area contributed by atoms with Crippen LogP contribution in [-0.4, -0.2) is 27.5 Å². The van der Waals surface area contributed by atoms with Crippen molar-refractivity contribution in [2.75, 3.05) is 5.75 Å². The molecule has 2 nitrogen and oxygen atoms in total. The molecule has 4 heteroatoms. The van der Waals surface area contributed by atoms with Crippen LogP contribution in [0, 0.1) is 0 Å². The van der Waals surface area contributed by atoms with Gasteiger partial charge in [-0.1, -0.05) is 19.9 Å². The Morgan fingerprint density at radius 3 is 2.81 bits per heavy atom. The zero-order valence-electron chi connectivity index (χ0n) is 10.3. The van der Waals surface area contributed by atoms with Crippen molar-refractivity contribution in [2.45, 2.75) is 54.9 Å². The number of hydrogen-bond donors (Lipinski definition) is 2. The molecule has 0 amide bonds. The molecule has 16 heavy (non-hydrogen) atoms. The molecule has 0 saturated carbocycles. The third-order valence-corrected chi connectivity index (χ3v) is 6.71. The Kier molecular flexibility index (Phi) is 6.89. The van der Waals surface area contributed by atoms with Gasteiger partial charge in [0.2, 0.25) is 0 Å². The van der Waals surface area contributed by atoms with Gasteiger partial charge in [0.25, 0.3) is 0 Å². The molecule has 1 aliphatic heterocycles. The van der Waals surface area contributed by atoms with Gasteiger partial charge in [0, 0.05) is 27.5 Å². The Bertz CT molecular complexity index is 211. The first kappa shape index (κ1) is 14.4. The molecule has 1 saturated heterocycles. The van der Waals surface area contributed by atoms with Crippen LogP contribution in [0.25, 0.3) is 0 Å². The van der Waals surface area contributed by atoms with Gasteiger partial charge >= 0.3 is 0 Å². The summed E-state index contributed by atoms with van der Waals surface area (Å²) in [5.41, 5.74) is 3.00. The lowest BCUT2D eigenvalue weighted by atomic mass is 10.1. The van der Waals surface area contributed by atoms with Gasteiger partial charge in [-0.05, 0) is 19.3 Å². The molecule has 0 bridgehead atoms. The highest BCUT2D eigenvalue weighted by Crippen LogP contribution is 2.37. The second kappa shape index (κ2) is 7.64. The molecule has 0 aromatic carbocycles. The van der Waals surface area contributed by atoms with E-state index in [0.717, 1.165) is 23.3 Å². The van der Waals surface area contributed by atoms with Gasteiger partial charge in [-0.25, -0.2) is 0 Å². The maximum atomic E-state index is 5.67. The van der Waals surface area contributed by atoms with Crippen LogP contribution in [0.1, 0.15) is 33.1 Å². The molecule has 1 heterocycles. The fourth-order valence-corrected chi connectivity index (χ4v) is 5.03. The average molecular weight is 260 g/mol. The first-order valence-electron chi connectivity index (χ1n) is 6.03. The molecule has 94 valence electrons. The van der Waals surface area contributed by atoms with Gasteiger partial charge in [0.15, 0.2) is 0 Å². The molecule has 4 atom stereocenters. The van der Waals surface area contributed by atoms with E-state index in [1.807, 2.05) is 6.08 Å². The highest BCUT2D eigenvalue weighted by atomic mass is 32.2. The van der Waals surface area contributed by atoms with Crippen LogP contribution in [-0.2, 0) is 0 Å². The van der Waals surface area contributed by atoms with Crippen molar-refractivity contribution in [3.05, 3.63) is 12.7 Å². The number of unbranched alkanes of at least 4 members (excludes halogenated alkanes) is 1. The number of nitrogens with two attached hydrogens (primary N) is 1. The third-order valence-electron chi connectivity index (χ3n) is 3.16. The van der Waals surface area contributed by atoms with Crippen molar-refractivity contribution in [1.29, 1.82) is 0 Å². The molecule has 0 radical (unpaired) electrons. The van der Waals surface area contributed by atoms with Gasteiger partial charge in [-0.15, -0.1) is 6.58 Å². The second-order valence-electron chi connectivity index (χ2n) is 4.41. The number of thioether (sulfide) groups is 2. The molecular weight excluding hydrogens is 236 g/mol. The van der Waals surface area contributed by atoms with Gasteiger partial charge in [0.1, 0.15) is 0 Å². The van der Waals surface area contributed by atoms with Crippen LogP contribution >= 0.6 is 23.5 Å². The largest absolute Gasteiger partial charge is 0.271 e. The highest BCUT2D eigenvalue weighted by Gasteiger charge is 2.30. The van der Waals surface area contributed by atoms with E-state index in [1.165, 1.54) is 12.2 Å². The zero-order chi connectivity index (χ0) is 12.0. The molecule has 1 fully saturated rings. The van der Waals surface area contributed by atoms with Crippen molar-refractivity contribution in [3.8, 4) is 0 Å². The van der Waals surface area contributed by atoms with Crippen LogP contribution < -0.4 is 11.3 Å². The molecule has 0 aliphatic carbocycles. The minimum Gasteiger partial charge on any atom is -0.271 e. The van der Waals surface area contributed by atoms with Gasteiger partial charge in [0.05, 0.1) is 0 Å². The first-order valence-corrected chi connectivity index (χ1v) is 8.02. The third kappa shape index (κ3) is 4.32. The number of hydrazine groups is 1. The number of rotatable bonds is 6. The van der Waals surface area contributed by atoms with E-state index in [4.69, 9.17) is 5.84 Å². The van der Waals surface area contributed by atoms with Crippen molar-refractivity contribution < 1.29 is 0 Å². The summed E-state index contributed by atoms with van der Waals surface area (Å²) in [5.74, 6) is 6.89. The second-order valence-corrected chi connectivity index (χ2v) is 7.44. The molecular formula is C12H24N2S2. The Morgan fingerprint density at radius 2 is 2.25 bits per heavy atom. The first-order chi connectivity index (χ1) is 7.69. The Morgan fingerprint density at radius 1 is 1.50 bits per heavy atom. The van der Waals surface area contributed by atoms with Crippen LogP contribution in [0.4, 0.5) is 0 Å². The molecule has 3 N–H and O–H groups in total. The number of allylic oxidation sites excluding steroid dienone is 1. The highest BCUT2D eigenvalue weighted by molar-refractivity contribution is 8.07.